The highest BCUT2D eigenvalue weighted by molar-refractivity contribution is 14.1. The normalized spacial score (nSPS) is 16.4. The van der Waals surface area contributed by atoms with Gasteiger partial charge in [-0.1, -0.05) is 24.3 Å². The van der Waals surface area contributed by atoms with Crippen LogP contribution in [-0.2, 0) is 6.54 Å². The monoisotopic (exact) mass is 450 g/mol. The van der Waals surface area contributed by atoms with Crippen LogP contribution >= 0.6 is 22.9 Å². The van der Waals surface area contributed by atoms with Crippen molar-refractivity contribution < 1.29 is 4.39 Å². The van der Waals surface area contributed by atoms with E-state index in [1.165, 1.54) is 12.1 Å². The number of anilines is 1. The summed E-state index contributed by atoms with van der Waals surface area (Å²) in [5.74, 6) is 0.695. The summed E-state index contributed by atoms with van der Waals surface area (Å²) < 4.78 is 17.7. The number of hydrogen-bond acceptors (Lipinski definition) is 3. The number of fused-ring (bicyclic) bond motifs is 1. The summed E-state index contributed by atoms with van der Waals surface area (Å²) >= 11 is 2.39. The number of halogens is 2. The second-order valence-corrected chi connectivity index (χ2v) is 7.83. The van der Waals surface area contributed by atoms with Crippen molar-refractivity contribution in [1.29, 1.82) is 0 Å². The molecular formula is C19H20FIN4. The molecule has 0 atom stereocenters. The first-order valence-corrected chi connectivity index (χ1v) is 9.52. The summed E-state index contributed by atoms with van der Waals surface area (Å²) in [6, 6.07) is 15.3. The minimum Gasteiger partial charge on any atom is -0.353 e. The molecule has 4 rings (SSSR count). The zero-order valence-electron chi connectivity index (χ0n) is 13.8. The Hall–Kier alpha value is -1.67. The quantitative estimate of drug-likeness (QED) is 0.471. The number of piperidine rings is 1. The van der Waals surface area contributed by atoms with Crippen LogP contribution < -0.4 is 5.32 Å². The van der Waals surface area contributed by atoms with E-state index in [0.29, 0.717) is 12.6 Å². The van der Waals surface area contributed by atoms with E-state index < -0.39 is 0 Å². The van der Waals surface area contributed by atoms with E-state index >= 15 is 0 Å². The van der Waals surface area contributed by atoms with Crippen LogP contribution in [0.2, 0.25) is 0 Å². The van der Waals surface area contributed by atoms with Crippen molar-refractivity contribution in [3.63, 3.8) is 0 Å². The molecule has 6 heteroatoms. The van der Waals surface area contributed by atoms with Gasteiger partial charge in [0.2, 0.25) is 5.95 Å². The van der Waals surface area contributed by atoms with Gasteiger partial charge in [-0.15, -0.1) is 0 Å². The average Bonchev–Trinajstić information content (AvgIpc) is 2.96. The SMILES string of the molecule is Fc1ccc(Cn2c(NC3CCN(I)CC3)nc3ccccc32)cc1. The third-order valence-corrected chi connectivity index (χ3v) is 5.65. The smallest absolute Gasteiger partial charge is 0.204 e. The molecule has 0 saturated carbocycles. The maximum Gasteiger partial charge on any atom is 0.204 e. The molecule has 0 bridgehead atoms. The Morgan fingerprint density at radius 2 is 1.80 bits per heavy atom. The van der Waals surface area contributed by atoms with Gasteiger partial charge in [0.05, 0.1) is 17.6 Å². The molecule has 1 saturated heterocycles. The summed E-state index contributed by atoms with van der Waals surface area (Å²) in [4.78, 5) is 4.80. The average molecular weight is 450 g/mol. The molecule has 1 aliphatic heterocycles. The van der Waals surface area contributed by atoms with Gasteiger partial charge in [0.1, 0.15) is 5.82 Å². The molecule has 3 aromatic rings. The van der Waals surface area contributed by atoms with Crippen LogP contribution in [0.4, 0.5) is 10.3 Å². The number of rotatable bonds is 4. The number of hydrogen-bond donors (Lipinski definition) is 1. The highest BCUT2D eigenvalue weighted by Crippen LogP contribution is 2.24. The molecule has 0 spiro atoms. The highest BCUT2D eigenvalue weighted by Gasteiger charge is 2.20. The number of aromatic nitrogens is 2. The lowest BCUT2D eigenvalue weighted by molar-refractivity contribution is 0.381. The summed E-state index contributed by atoms with van der Waals surface area (Å²) in [6.07, 6.45) is 2.23. The van der Waals surface area contributed by atoms with Gasteiger partial charge in [0.25, 0.3) is 0 Å². The second-order valence-electron chi connectivity index (χ2n) is 6.47. The van der Waals surface area contributed by atoms with E-state index in [9.17, 15) is 4.39 Å². The van der Waals surface area contributed by atoms with Gasteiger partial charge in [0, 0.05) is 42.0 Å². The molecule has 1 aliphatic rings. The highest BCUT2D eigenvalue weighted by atomic mass is 127. The van der Waals surface area contributed by atoms with Crippen molar-refractivity contribution >= 4 is 39.8 Å². The third-order valence-electron chi connectivity index (χ3n) is 4.68. The van der Waals surface area contributed by atoms with Crippen molar-refractivity contribution in [1.82, 2.24) is 12.7 Å². The van der Waals surface area contributed by atoms with Crippen LogP contribution in [0.25, 0.3) is 11.0 Å². The summed E-state index contributed by atoms with van der Waals surface area (Å²) in [6.45, 7) is 2.86. The van der Waals surface area contributed by atoms with Crippen LogP contribution in [0.3, 0.4) is 0 Å². The van der Waals surface area contributed by atoms with Crippen molar-refractivity contribution in [3.8, 4) is 0 Å². The molecule has 0 aliphatic carbocycles. The van der Waals surface area contributed by atoms with E-state index in [2.05, 4.69) is 41.9 Å². The minimum absolute atomic E-state index is 0.205. The van der Waals surface area contributed by atoms with Crippen LogP contribution in [0, 0.1) is 5.82 Å². The largest absolute Gasteiger partial charge is 0.353 e. The molecule has 0 radical (unpaired) electrons. The van der Waals surface area contributed by atoms with Crippen LogP contribution in [0.1, 0.15) is 18.4 Å². The Balaban J connectivity index is 1.64. The first-order valence-electron chi connectivity index (χ1n) is 8.56. The van der Waals surface area contributed by atoms with Gasteiger partial charge in [-0.25, -0.2) is 12.5 Å². The fourth-order valence-electron chi connectivity index (χ4n) is 3.29. The minimum atomic E-state index is -0.205. The van der Waals surface area contributed by atoms with Gasteiger partial charge in [-0.2, -0.15) is 0 Å². The maximum atomic E-state index is 13.2. The first-order chi connectivity index (χ1) is 12.2. The number of imidazole rings is 1. The summed E-state index contributed by atoms with van der Waals surface area (Å²) in [5.41, 5.74) is 3.15. The lowest BCUT2D eigenvalue weighted by Gasteiger charge is -2.28. The molecule has 4 nitrogen and oxygen atoms in total. The Morgan fingerprint density at radius 1 is 1.08 bits per heavy atom. The Labute approximate surface area is 160 Å². The van der Waals surface area contributed by atoms with Crippen molar-refractivity contribution in [2.45, 2.75) is 25.4 Å². The van der Waals surface area contributed by atoms with E-state index in [-0.39, 0.29) is 5.82 Å². The number of nitrogens with one attached hydrogen (secondary N) is 1. The molecule has 25 heavy (non-hydrogen) atoms. The summed E-state index contributed by atoms with van der Waals surface area (Å²) in [7, 11) is 0. The molecule has 0 unspecified atom stereocenters. The van der Waals surface area contributed by atoms with Crippen molar-refractivity contribution in [2.24, 2.45) is 0 Å². The molecule has 130 valence electrons. The van der Waals surface area contributed by atoms with Gasteiger partial charge >= 0.3 is 0 Å². The fraction of sp³-hybridized carbons (Fsp3) is 0.316. The van der Waals surface area contributed by atoms with Gasteiger partial charge in [-0.3, -0.25) is 0 Å². The van der Waals surface area contributed by atoms with Crippen LogP contribution in [0.5, 0.6) is 0 Å². The molecule has 0 amide bonds. The van der Waals surface area contributed by atoms with E-state index in [0.717, 1.165) is 48.5 Å². The number of nitrogens with zero attached hydrogens (tertiary/aromatic N) is 3. The maximum absolute atomic E-state index is 13.2. The third kappa shape index (κ3) is 3.79. The molecule has 2 aromatic carbocycles. The van der Waals surface area contributed by atoms with Crippen LogP contribution in [0.15, 0.2) is 48.5 Å². The Bertz CT molecular complexity index is 853. The van der Waals surface area contributed by atoms with E-state index in [1.54, 1.807) is 0 Å². The lowest BCUT2D eigenvalue weighted by atomic mass is 10.1. The number of benzene rings is 2. The Morgan fingerprint density at radius 3 is 2.56 bits per heavy atom. The zero-order chi connectivity index (χ0) is 17.2. The van der Waals surface area contributed by atoms with Gasteiger partial charge in [0.15, 0.2) is 0 Å². The summed E-state index contributed by atoms with van der Waals surface area (Å²) in [5, 5.41) is 3.64. The predicted molar refractivity (Wildman–Crippen MR) is 107 cm³/mol. The van der Waals surface area contributed by atoms with Gasteiger partial charge < -0.3 is 9.88 Å². The molecule has 1 N–H and O–H groups in total. The van der Waals surface area contributed by atoms with Crippen molar-refractivity contribution in [2.75, 3.05) is 18.4 Å². The lowest BCUT2D eigenvalue weighted by Crippen LogP contribution is -2.34. The van der Waals surface area contributed by atoms with E-state index in [1.807, 2.05) is 30.3 Å². The van der Waals surface area contributed by atoms with Crippen molar-refractivity contribution in [3.05, 3.63) is 59.9 Å². The molecular weight excluding hydrogens is 430 g/mol. The molecule has 2 heterocycles. The molecule has 1 aromatic heterocycles. The second kappa shape index (κ2) is 7.29. The zero-order valence-corrected chi connectivity index (χ0v) is 16.0. The standard InChI is InChI=1S/C19H20FIN4/c20-15-7-5-14(6-8-15)13-25-18-4-2-1-3-17(18)23-19(25)22-16-9-11-24(21)12-10-16/h1-8,16H,9-13H2,(H,22,23). The predicted octanol–water partition coefficient (Wildman–Crippen LogP) is 4.45. The topological polar surface area (TPSA) is 33.1 Å². The Kier molecular flexibility index (Phi) is 4.89. The number of para-hydroxylation sites is 2. The molecule has 1 fully saturated rings. The van der Waals surface area contributed by atoms with E-state index in [4.69, 9.17) is 4.98 Å². The first kappa shape index (κ1) is 16.8. The van der Waals surface area contributed by atoms with Crippen LogP contribution in [-0.4, -0.2) is 31.8 Å². The van der Waals surface area contributed by atoms with Gasteiger partial charge in [-0.05, 0) is 42.7 Å². The fourth-order valence-corrected chi connectivity index (χ4v) is 3.85.